The van der Waals surface area contributed by atoms with Gasteiger partial charge in [0.15, 0.2) is 0 Å². The van der Waals surface area contributed by atoms with Crippen LogP contribution < -0.4 is 4.90 Å². The average Bonchev–Trinajstić information content (AvgIpc) is 2.65. The van der Waals surface area contributed by atoms with Crippen molar-refractivity contribution in [1.82, 2.24) is 0 Å². The molecule has 2 aromatic rings. The zero-order chi connectivity index (χ0) is 22.3. The molecule has 1 aliphatic heterocycles. The molecular formula is C20H17F6NO2S. The van der Waals surface area contributed by atoms with Crippen LogP contribution >= 0.6 is 11.8 Å². The van der Waals surface area contributed by atoms with Crippen molar-refractivity contribution in [2.75, 3.05) is 11.4 Å². The first-order valence-electron chi connectivity index (χ1n) is 8.86. The molecule has 0 fully saturated rings. The highest BCUT2D eigenvalue weighted by molar-refractivity contribution is 8.00. The summed E-state index contributed by atoms with van der Waals surface area (Å²) in [6.45, 7) is 1.97. The van der Waals surface area contributed by atoms with E-state index in [2.05, 4.69) is 0 Å². The van der Waals surface area contributed by atoms with Crippen molar-refractivity contribution in [2.24, 2.45) is 0 Å². The number of amides is 1. The monoisotopic (exact) mass is 449 g/mol. The first-order valence-corrected chi connectivity index (χ1v) is 9.74. The van der Waals surface area contributed by atoms with Gasteiger partial charge in [-0.1, -0.05) is 43.3 Å². The Morgan fingerprint density at radius 2 is 1.67 bits per heavy atom. The van der Waals surface area contributed by atoms with E-state index in [0.29, 0.717) is 12.1 Å². The number of aliphatic hydroxyl groups is 1. The number of nitrogens with zero attached hydrogens (tertiary/aromatic N) is 1. The second kappa shape index (κ2) is 7.81. The van der Waals surface area contributed by atoms with Gasteiger partial charge in [-0.2, -0.15) is 26.3 Å². The van der Waals surface area contributed by atoms with Gasteiger partial charge in [-0.15, -0.1) is 11.8 Å². The molecule has 0 aliphatic carbocycles. The highest BCUT2D eigenvalue weighted by Gasteiger charge is 2.71. The van der Waals surface area contributed by atoms with Crippen LogP contribution in [0.15, 0.2) is 53.4 Å². The highest BCUT2D eigenvalue weighted by atomic mass is 32.2. The zero-order valence-corrected chi connectivity index (χ0v) is 16.4. The molecule has 162 valence electrons. The first-order chi connectivity index (χ1) is 13.8. The lowest BCUT2D eigenvalue weighted by molar-refractivity contribution is -0.376. The van der Waals surface area contributed by atoms with Crippen LogP contribution in [0.25, 0.3) is 0 Å². The lowest BCUT2D eigenvalue weighted by Gasteiger charge is -2.36. The van der Waals surface area contributed by atoms with E-state index in [1.807, 2.05) is 0 Å². The molecule has 1 heterocycles. The van der Waals surface area contributed by atoms with Crippen LogP contribution in [0.2, 0.25) is 0 Å². The van der Waals surface area contributed by atoms with Crippen molar-refractivity contribution in [1.29, 1.82) is 0 Å². The largest absolute Gasteiger partial charge is 0.430 e. The van der Waals surface area contributed by atoms with Crippen LogP contribution in [0.4, 0.5) is 32.0 Å². The van der Waals surface area contributed by atoms with Gasteiger partial charge in [0.2, 0.25) is 5.91 Å². The Morgan fingerprint density at radius 3 is 2.23 bits per heavy atom. The molecule has 0 radical (unpaired) electrons. The fraction of sp³-hybridized carbons (Fsp3) is 0.350. The zero-order valence-electron chi connectivity index (χ0n) is 15.6. The number of halogens is 6. The molecule has 10 heteroatoms. The summed E-state index contributed by atoms with van der Waals surface area (Å²) in [5.74, 6) is -0.329. The van der Waals surface area contributed by atoms with Crippen molar-refractivity contribution in [3.05, 3.63) is 59.7 Å². The molecule has 1 aliphatic rings. The Labute approximate surface area is 172 Å². The van der Waals surface area contributed by atoms with Crippen LogP contribution in [0, 0.1) is 0 Å². The van der Waals surface area contributed by atoms with Crippen LogP contribution in [0.5, 0.6) is 0 Å². The second-order valence-electron chi connectivity index (χ2n) is 6.98. The van der Waals surface area contributed by atoms with Gasteiger partial charge < -0.3 is 10.0 Å². The van der Waals surface area contributed by atoms with E-state index in [-0.39, 0.29) is 34.7 Å². The van der Waals surface area contributed by atoms with Gasteiger partial charge in [-0.25, -0.2) is 0 Å². The van der Waals surface area contributed by atoms with E-state index < -0.39 is 23.5 Å². The first kappa shape index (κ1) is 22.5. The standard InChI is InChI=1S/C20H17F6NO2S/c1-12-11-27(17(28)9-13-5-3-2-4-6-13)15-8-7-14(10-16(15)30-12)18(29,19(21,22)23)20(24,25)26/h2-8,10,12,29H,9,11H2,1H3. The molecular weight excluding hydrogens is 432 g/mol. The molecule has 3 rings (SSSR count). The van der Waals surface area contributed by atoms with Gasteiger partial charge in [0.1, 0.15) is 0 Å². The molecule has 30 heavy (non-hydrogen) atoms. The lowest BCUT2D eigenvalue weighted by Crippen LogP contribution is -2.54. The van der Waals surface area contributed by atoms with E-state index in [0.717, 1.165) is 23.4 Å². The van der Waals surface area contributed by atoms with Gasteiger partial charge in [-0.05, 0) is 17.7 Å². The number of hydrogen-bond acceptors (Lipinski definition) is 3. The third-order valence-electron chi connectivity index (χ3n) is 4.76. The molecule has 2 aromatic carbocycles. The number of carbonyl (C=O) groups is 1. The SMILES string of the molecule is CC1CN(C(=O)Cc2ccccc2)c2ccc(C(O)(C(F)(F)F)C(F)(F)F)cc2S1. The Morgan fingerprint density at radius 1 is 1.07 bits per heavy atom. The van der Waals surface area contributed by atoms with E-state index in [4.69, 9.17) is 0 Å². The molecule has 1 atom stereocenters. The molecule has 1 amide bonds. The van der Waals surface area contributed by atoms with Crippen LogP contribution in [-0.2, 0) is 16.8 Å². The number of thioether (sulfide) groups is 1. The predicted octanol–water partition coefficient (Wildman–Crippen LogP) is 5.07. The second-order valence-corrected chi connectivity index (χ2v) is 8.46. The molecule has 0 saturated heterocycles. The fourth-order valence-corrected chi connectivity index (χ4v) is 4.41. The molecule has 0 spiro atoms. The Kier molecular flexibility index (Phi) is 5.85. The average molecular weight is 449 g/mol. The van der Waals surface area contributed by atoms with Gasteiger partial charge in [-0.3, -0.25) is 4.79 Å². The summed E-state index contributed by atoms with van der Waals surface area (Å²) in [7, 11) is 0. The number of fused-ring (bicyclic) bond motifs is 1. The molecule has 0 saturated carbocycles. The van der Waals surface area contributed by atoms with Gasteiger partial charge in [0.05, 0.1) is 12.1 Å². The maximum atomic E-state index is 13.2. The molecule has 3 nitrogen and oxygen atoms in total. The van der Waals surface area contributed by atoms with Gasteiger partial charge >= 0.3 is 12.4 Å². The normalized spacial score (nSPS) is 17.6. The van der Waals surface area contributed by atoms with Gasteiger partial charge in [0, 0.05) is 22.3 Å². The maximum absolute atomic E-state index is 13.2. The van der Waals surface area contributed by atoms with Gasteiger partial charge in [0.25, 0.3) is 5.60 Å². The number of rotatable bonds is 3. The maximum Gasteiger partial charge on any atom is 0.430 e. The van der Waals surface area contributed by atoms with Crippen molar-refractivity contribution < 1.29 is 36.2 Å². The van der Waals surface area contributed by atoms with Crippen molar-refractivity contribution in [3.8, 4) is 0 Å². The minimum absolute atomic E-state index is 0.0362. The van der Waals surface area contributed by atoms with E-state index in [9.17, 15) is 36.2 Å². The molecule has 0 bridgehead atoms. The Hall–Kier alpha value is -2.20. The fourth-order valence-electron chi connectivity index (χ4n) is 3.26. The predicted molar refractivity (Wildman–Crippen MR) is 100 cm³/mol. The van der Waals surface area contributed by atoms with E-state index in [1.165, 1.54) is 4.90 Å². The highest BCUT2D eigenvalue weighted by Crippen LogP contribution is 2.51. The quantitative estimate of drug-likeness (QED) is 0.666. The van der Waals surface area contributed by atoms with Crippen LogP contribution in [0.1, 0.15) is 18.1 Å². The third-order valence-corrected chi connectivity index (χ3v) is 5.89. The number of anilines is 1. The summed E-state index contributed by atoms with van der Waals surface area (Å²) in [4.78, 5) is 14.2. The third kappa shape index (κ3) is 4.02. The summed E-state index contributed by atoms with van der Waals surface area (Å²) in [6, 6.07) is 11.0. The Balaban J connectivity index is 2.00. The Bertz CT molecular complexity index is 915. The van der Waals surface area contributed by atoms with E-state index >= 15 is 0 Å². The summed E-state index contributed by atoms with van der Waals surface area (Å²) in [6.07, 6.45) is -11.9. The van der Waals surface area contributed by atoms with Crippen molar-refractivity contribution in [2.45, 2.75) is 41.4 Å². The molecule has 1 N–H and O–H groups in total. The summed E-state index contributed by atoms with van der Waals surface area (Å²) < 4.78 is 79.2. The molecule has 0 aromatic heterocycles. The summed E-state index contributed by atoms with van der Waals surface area (Å²) in [5, 5.41) is 9.39. The summed E-state index contributed by atoms with van der Waals surface area (Å²) in [5.41, 5.74) is -5.39. The smallest absolute Gasteiger partial charge is 0.369 e. The minimum atomic E-state index is -5.97. The minimum Gasteiger partial charge on any atom is -0.369 e. The topological polar surface area (TPSA) is 40.5 Å². The lowest BCUT2D eigenvalue weighted by atomic mass is 9.92. The number of benzene rings is 2. The van der Waals surface area contributed by atoms with Crippen LogP contribution in [-0.4, -0.2) is 35.2 Å². The van der Waals surface area contributed by atoms with Crippen LogP contribution in [0.3, 0.4) is 0 Å². The number of hydrogen-bond donors (Lipinski definition) is 1. The van der Waals surface area contributed by atoms with E-state index in [1.54, 1.807) is 37.3 Å². The number of carbonyl (C=O) groups excluding carboxylic acids is 1. The summed E-state index contributed by atoms with van der Waals surface area (Å²) >= 11 is 1.05. The van der Waals surface area contributed by atoms with Crippen molar-refractivity contribution in [3.63, 3.8) is 0 Å². The molecule has 1 unspecified atom stereocenters. The van der Waals surface area contributed by atoms with Crippen molar-refractivity contribution >= 4 is 23.4 Å². The number of alkyl halides is 6.